The Morgan fingerprint density at radius 2 is 2.09 bits per heavy atom. The molecule has 0 spiro atoms. The first-order valence-corrected chi connectivity index (χ1v) is 11.0. The predicted molar refractivity (Wildman–Crippen MR) is 88.3 cm³/mol. The van der Waals surface area contributed by atoms with Crippen LogP contribution in [0.4, 0.5) is 0 Å². The fourth-order valence-electron chi connectivity index (χ4n) is 1.72. The molecule has 22 heavy (non-hydrogen) atoms. The van der Waals surface area contributed by atoms with Gasteiger partial charge in [-0.2, -0.15) is 0 Å². The number of carbonyl (C=O) groups is 1. The van der Waals surface area contributed by atoms with Crippen LogP contribution in [-0.4, -0.2) is 43.9 Å². The van der Waals surface area contributed by atoms with E-state index in [-0.39, 0.29) is 5.69 Å². The first-order chi connectivity index (χ1) is 10.3. The maximum atomic E-state index is 11.6. The number of ether oxygens (including phenoxy) is 3. The largest absolute Gasteiger partial charge is 0.491 e. The highest BCUT2D eigenvalue weighted by atomic mass is 28.3. The Balaban J connectivity index is 2.79. The van der Waals surface area contributed by atoms with E-state index in [9.17, 15) is 4.79 Å². The van der Waals surface area contributed by atoms with Gasteiger partial charge in [-0.25, -0.2) is 9.78 Å². The number of esters is 1. The molecule has 0 aliphatic carbocycles. The van der Waals surface area contributed by atoms with Crippen molar-refractivity contribution < 1.29 is 19.0 Å². The Morgan fingerprint density at radius 3 is 2.64 bits per heavy atom. The second-order valence-corrected chi connectivity index (χ2v) is 11.7. The van der Waals surface area contributed by atoms with Crippen LogP contribution in [-0.2, 0) is 20.9 Å². The molecule has 124 valence electrons. The van der Waals surface area contributed by atoms with Gasteiger partial charge in [0.1, 0.15) is 6.73 Å². The van der Waals surface area contributed by atoms with Crippen molar-refractivity contribution in [2.45, 2.75) is 39.3 Å². The van der Waals surface area contributed by atoms with Gasteiger partial charge >= 0.3 is 5.97 Å². The van der Waals surface area contributed by atoms with Gasteiger partial charge in [0, 0.05) is 20.9 Å². The molecule has 1 aromatic rings. The third kappa shape index (κ3) is 5.65. The van der Waals surface area contributed by atoms with E-state index in [1.165, 1.54) is 7.11 Å². The van der Waals surface area contributed by atoms with Crippen LogP contribution in [0, 0.1) is 0 Å². The molecule has 1 aromatic heterocycles. The van der Waals surface area contributed by atoms with Crippen LogP contribution < -0.4 is 0 Å². The lowest BCUT2D eigenvalue weighted by atomic mass is 10.5. The minimum atomic E-state index is -1.13. The number of hydrogen-bond acceptors (Lipinski definition) is 5. The molecule has 0 saturated carbocycles. The molecule has 0 bridgehead atoms. The lowest BCUT2D eigenvalue weighted by Crippen LogP contribution is -2.22. The number of aromatic nitrogens is 2. The van der Waals surface area contributed by atoms with E-state index in [0.717, 1.165) is 6.04 Å². The molecule has 0 fully saturated rings. The lowest BCUT2D eigenvalue weighted by molar-refractivity contribution is 0.0593. The SMILES string of the molecule is C=C(OCC)c1nc(C(=O)OC)cn1COCC[Si](C)(C)C. The molecule has 0 N–H and O–H groups in total. The first-order valence-electron chi connectivity index (χ1n) is 7.33. The second-order valence-electron chi connectivity index (χ2n) is 6.12. The molecular formula is C15H26N2O4Si. The number of hydrogen-bond donors (Lipinski definition) is 0. The van der Waals surface area contributed by atoms with E-state index in [4.69, 9.17) is 14.2 Å². The molecule has 1 heterocycles. The Kier molecular flexibility index (Phi) is 6.83. The summed E-state index contributed by atoms with van der Waals surface area (Å²) in [5.41, 5.74) is 0.215. The molecule has 0 aliphatic rings. The maximum absolute atomic E-state index is 11.6. The van der Waals surface area contributed by atoms with Crippen molar-refractivity contribution >= 4 is 19.8 Å². The minimum Gasteiger partial charge on any atom is -0.491 e. The highest BCUT2D eigenvalue weighted by molar-refractivity contribution is 6.76. The van der Waals surface area contributed by atoms with Crippen LogP contribution in [0.15, 0.2) is 12.8 Å². The topological polar surface area (TPSA) is 62.6 Å². The normalized spacial score (nSPS) is 11.3. The van der Waals surface area contributed by atoms with E-state index < -0.39 is 14.0 Å². The number of nitrogens with zero attached hydrogens (tertiary/aromatic N) is 2. The molecule has 0 saturated heterocycles. The van der Waals surface area contributed by atoms with E-state index >= 15 is 0 Å². The molecular weight excluding hydrogens is 300 g/mol. The zero-order valence-electron chi connectivity index (χ0n) is 14.1. The molecule has 6 nitrogen and oxygen atoms in total. The van der Waals surface area contributed by atoms with Crippen LogP contribution in [0.2, 0.25) is 25.7 Å². The summed E-state index contributed by atoms with van der Waals surface area (Å²) >= 11 is 0. The quantitative estimate of drug-likeness (QED) is 0.302. The molecule has 0 atom stereocenters. The number of rotatable bonds is 9. The van der Waals surface area contributed by atoms with E-state index in [0.29, 0.717) is 31.5 Å². The van der Waals surface area contributed by atoms with Gasteiger partial charge in [-0.3, -0.25) is 0 Å². The molecule has 1 rings (SSSR count). The molecule has 0 aliphatic heterocycles. The van der Waals surface area contributed by atoms with Crippen molar-refractivity contribution in [3.8, 4) is 0 Å². The Morgan fingerprint density at radius 1 is 1.41 bits per heavy atom. The Labute approximate surface area is 133 Å². The summed E-state index contributed by atoms with van der Waals surface area (Å²) in [5.74, 6) is 0.396. The first kappa shape index (κ1) is 18.4. The zero-order chi connectivity index (χ0) is 16.8. The van der Waals surface area contributed by atoms with Gasteiger partial charge in [-0.05, 0) is 13.0 Å². The van der Waals surface area contributed by atoms with Crippen LogP contribution >= 0.6 is 0 Å². The van der Waals surface area contributed by atoms with Gasteiger partial charge in [0.2, 0.25) is 0 Å². The monoisotopic (exact) mass is 326 g/mol. The minimum absolute atomic E-state index is 0.215. The van der Waals surface area contributed by atoms with Crippen LogP contribution in [0.25, 0.3) is 5.76 Å². The van der Waals surface area contributed by atoms with Gasteiger partial charge in [0.05, 0.1) is 13.7 Å². The Hall–Kier alpha value is -1.60. The maximum Gasteiger partial charge on any atom is 0.358 e. The summed E-state index contributed by atoms with van der Waals surface area (Å²) in [6.45, 7) is 14.1. The van der Waals surface area contributed by atoms with Gasteiger partial charge in [-0.15, -0.1) is 0 Å². The van der Waals surface area contributed by atoms with Gasteiger partial charge < -0.3 is 18.8 Å². The third-order valence-corrected chi connectivity index (χ3v) is 4.67. The zero-order valence-corrected chi connectivity index (χ0v) is 15.1. The van der Waals surface area contributed by atoms with Crippen molar-refractivity contribution in [2.75, 3.05) is 20.3 Å². The molecule has 7 heteroatoms. The Bertz CT molecular complexity index is 520. The predicted octanol–water partition coefficient (Wildman–Crippen LogP) is 2.99. The van der Waals surface area contributed by atoms with E-state index in [1.807, 2.05) is 6.92 Å². The van der Waals surface area contributed by atoms with Crippen LogP contribution in [0.1, 0.15) is 23.2 Å². The summed E-state index contributed by atoms with van der Waals surface area (Å²) in [4.78, 5) is 15.8. The van der Waals surface area contributed by atoms with Gasteiger partial charge in [0.15, 0.2) is 17.3 Å². The van der Waals surface area contributed by atoms with Crippen molar-refractivity contribution in [1.29, 1.82) is 0 Å². The number of imidazole rings is 1. The fraction of sp³-hybridized carbons (Fsp3) is 0.600. The average Bonchev–Trinajstić information content (AvgIpc) is 2.86. The highest BCUT2D eigenvalue weighted by Gasteiger charge is 2.18. The molecule has 0 radical (unpaired) electrons. The average molecular weight is 326 g/mol. The summed E-state index contributed by atoms with van der Waals surface area (Å²) in [6, 6.07) is 1.08. The summed E-state index contributed by atoms with van der Waals surface area (Å²) in [5, 5.41) is 0. The standard InChI is InChI=1S/C15H26N2O4Si/c1-7-21-12(2)14-16-13(15(18)19-3)10-17(14)11-20-8-9-22(4,5)6/h10H,2,7-9,11H2,1,3-6H3. The lowest BCUT2D eigenvalue weighted by Gasteiger charge is -2.16. The summed E-state index contributed by atoms with van der Waals surface area (Å²) in [6.07, 6.45) is 1.60. The smallest absolute Gasteiger partial charge is 0.358 e. The van der Waals surface area contributed by atoms with E-state index in [1.54, 1.807) is 10.8 Å². The van der Waals surface area contributed by atoms with Crippen molar-refractivity contribution in [1.82, 2.24) is 9.55 Å². The molecule has 0 aromatic carbocycles. The summed E-state index contributed by atoms with van der Waals surface area (Å²) in [7, 11) is 0.194. The molecule has 0 unspecified atom stereocenters. The van der Waals surface area contributed by atoms with Crippen LogP contribution in [0.5, 0.6) is 0 Å². The third-order valence-electron chi connectivity index (χ3n) is 2.97. The highest BCUT2D eigenvalue weighted by Crippen LogP contribution is 2.15. The van der Waals surface area contributed by atoms with Crippen LogP contribution in [0.3, 0.4) is 0 Å². The van der Waals surface area contributed by atoms with Crippen molar-refractivity contribution in [3.63, 3.8) is 0 Å². The number of carbonyl (C=O) groups excluding carboxylic acids is 1. The number of methoxy groups -OCH3 is 1. The van der Waals surface area contributed by atoms with Crippen molar-refractivity contribution in [3.05, 3.63) is 24.3 Å². The fourth-order valence-corrected chi connectivity index (χ4v) is 2.48. The summed E-state index contributed by atoms with van der Waals surface area (Å²) < 4.78 is 17.5. The van der Waals surface area contributed by atoms with Gasteiger partial charge in [-0.1, -0.05) is 26.2 Å². The molecule has 0 amide bonds. The van der Waals surface area contributed by atoms with Gasteiger partial charge in [0.25, 0.3) is 0 Å². The van der Waals surface area contributed by atoms with Crippen molar-refractivity contribution in [2.24, 2.45) is 0 Å². The second kappa shape index (κ2) is 8.14. The van der Waals surface area contributed by atoms with E-state index in [2.05, 4.69) is 31.2 Å².